The molecule has 1 saturated carbocycles. The molecule has 1 atom stereocenters. The first-order valence-electron chi connectivity index (χ1n) is 6.76. The Morgan fingerprint density at radius 1 is 1.24 bits per heavy atom. The third kappa shape index (κ3) is 3.68. The van der Waals surface area contributed by atoms with Crippen LogP contribution in [-0.2, 0) is 14.3 Å². The number of carbonyl (C=O) groups excluding carboxylic acids is 1. The molecule has 0 spiro atoms. The minimum atomic E-state index is -0.202. The molecular weight excluding hydrogens is 218 g/mol. The first kappa shape index (κ1) is 12.8. The molecule has 0 bridgehead atoms. The summed E-state index contributed by atoms with van der Waals surface area (Å²) in [6, 6.07) is -0.202. The third-order valence-corrected chi connectivity index (χ3v) is 3.75. The van der Waals surface area contributed by atoms with E-state index in [9.17, 15) is 4.79 Å². The van der Waals surface area contributed by atoms with Crippen LogP contribution in [0.4, 0.5) is 0 Å². The van der Waals surface area contributed by atoms with Gasteiger partial charge in [0.25, 0.3) is 0 Å². The van der Waals surface area contributed by atoms with Gasteiger partial charge >= 0.3 is 5.97 Å². The molecule has 1 aliphatic heterocycles. The van der Waals surface area contributed by atoms with Gasteiger partial charge in [0.05, 0.1) is 13.2 Å². The monoisotopic (exact) mass is 241 g/mol. The number of esters is 1. The van der Waals surface area contributed by atoms with Crippen molar-refractivity contribution in [2.24, 2.45) is 0 Å². The topological polar surface area (TPSA) is 38.8 Å². The maximum atomic E-state index is 12.0. The van der Waals surface area contributed by atoms with Crippen molar-refractivity contribution in [3.63, 3.8) is 0 Å². The summed E-state index contributed by atoms with van der Waals surface area (Å²) in [6.07, 6.45) is 7.14. The summed E-state index contributed by atoms with van der Waals surface area (Å²) in [5.41, 5.74) is 0. The molecule has 0 radical (unpaired) electrons. The molecule has 4 nitrogen and oxygen atoms in total. The molecule has 1 aliphatic carbocycles. The van der Waals surface area contributed by atoms with Gasteiger partial charge in [0.1, 0.15) is 12.1 Å². The highest BCUT2D eigenvalue weighted by Gasteiger charge is 2.30. The standard InChI is InChI=1S/C13H23NO3/c1-14-8-9-16-10-12(14)13(15)17-11-6-4-2-3-5-7-11/h11-12H,2-10H2,1H3. The zero-order valence-corrected chi connectivity index (χ0v) is 10.7. The molecule has 0 aromatic heterocycles. The third-order valence-electron chi connectivity index (χ3n) is 3.75. The van der Waals surface area contributed by atoms with Crippen molar-refractivity contribution in [1.82, 2.24) is 4.90 Å². The average molecular weight is 241 g/mol. The lowest BCUT2D eigenvalue weighted by Gasteiger charge is -2.31. The fourth-order valence-electron chi connectivity index (χ4n) is 2.54. The molecule has 2 fully saturated rings. The van der Waals surface area contributed by atoms with Crippen molar-refractivity contribution in [2.75, 3.05) is 26.8 Å². The first-order valence-corrected chi connectivity index (χ1v) is 6.76. The van der Waals surface area contributed by atoms with Gasteiger partial charge in [-0.1, -0.05) is 12.8 Å². The number of likely N-dealkylation sites (N-methyl/N-ethyl adjacent to an activating group) is 1. The molecular formula is C13H23NO3. The highest BCUT2D eigenvalue weighted by molar-refractivity contribution is 5.76. The average Bonchev–Trinajstić information content (AvgIpc) is 2.58. The molecule has 0 aromatic rings. The zero-order valence-electron chi connectivity index (χ0n) is 10.7. The van der Waals surface area contributed by atoms with Crippen molar-refractivity contribution in [2.45, 2.75) is 50.7 Å². The van der Waals surface area contributed by atoms with E-state index in [4.69, 9.17) is 9.47 Å². The Morgan fingerprint density at radius 2 is 1.94 bits per heavy atom. The highest BCUT2D eigenvalue weighted by Crippen LogP contribution is 2.21. The van der Waals surface area contributed by atoms with Gasteiger partial charge in [-0.15, -0.1) is 0 Å². The minimum Gasteiger partial charge on any atom is -0.461 e. The van der Waals surface area contributed by atoms with E-state index in [-0.39, 0.29) is 18.1 Å². The van der Waals surface area contributed by atoms with Gasteiger partial charge in [0.2, 0.25) is 0 Å². The lowest BCUT2D eigenvalue weighted by Crippen LogP contribution is -2.49. The molecule has 2 rings (SSSR count). The Bertz CT molecular complexity index is 249. The van der Waals surface area contributed by atoms with Gasteiger partial charge in [-0.3, -0.25) is 9.69 Å². The lowest BCUT2D eigenvalue weighted by atomic mass is 10.1. The van der Waals surface area contributed by atoms with Gasteiger partial charge in [-0.05, 0) is 32.7 Å². The van der Waals surface area contributed by atoms with Crippen LogP contribution in [0.3, 0.4) is 0 Å². The normalized spacial score (nSPS) is 28.6. The summed E-state index contributed by atoms with van der Waals surface area (Å²) in [5.74, 6) is -0.0981. The summed E-state index contributed by atoms with van der Waals surface area (Å²) < 4.78 is 11.0. The van der Waals surface area contributed by atoms with Crippen LogP contribution in [0.15, 0.2) is 0 Å². The summed E-state index contributed by atoms with van der Waals surface area (Å²) in [7, 11) is 1.96. The Labute approximate surface area is 103 Å². The molecule has 98 valence electrons. The van der Waals surface area contributed by atoms with Crippen molar-refractivity contribution in [3.8, 4) is 0 Å². The van der Waals surface area contributed by atoms with Crippen LogP contribution in [0, 0.1) is 0 Å². The summed E-state index contributed by atoms with van der Waals surface area (Å²) in [4.78, 5) is 14.1. The van der Waals surface area contributed by atoms with E-state index >= 15 is 0 Å². The van der Waals surface area contributed by atoms with Gasteiger partial charge in [0.15, 0.2) is 0 Å². The number of rotatable bonds is 2. The molecule has 0 N–H and O–H groups in total. The molecule has 17 heavy (non-hydrogen) atoms. The van der Waals surface area contributed by atoms with E-state index < -0.39 is 0 Å². The van der Waals surface area contributed by atoms with Crippen LogP contribution in [0.5, 0.6) is 0 Å². The summed E-state index contributed by atoms with van der Waals surface area (Å²) in [6.45, 7) is 2.00. The van der Waals surface area contributed by atoms with Gasteiger partial charge in [-0.25, -0.2) is 0 Å². The predicted octanol–water partition coefficient (Wildman–Crippen LogP) is 1.58. The lowest BCUT2D eigenvalue weighted by molar-refractivity contribution is -0.161. The quantitative estimate of drug-likeness (QED) is 0.543. The fourth-order valence-corrected chi connectivity index (χ4v) is 2.54. The number of nitrogens with zero attached hydrogens (tertiary/aromatic N) is 1. The maximum Gasteiger partial charge on any atom is 0.326 e. The first-order chi connectivity index (χ1) is 8.27. The molecule has 2 aliphatic rings. The number of hydrogen-bond acceptors (Lipinski definition) is 4. The fraction of sp³-hybridized carbons (Fsp3) is 0.923. The molecule has 1 unspecified atom stereocenters. The molecule has 1 saturated heterocycles. The van der Waals surface area contributed by atoms with E-state index in [2.05, 4.69) is 0 Å². The molecule has 4 heteroatoms. The maximum absolute atomic E-state index is 12.0. The zero-order chi connectivity index (χ0) is 12.1. The van der Waals surface area contributed by atoms with Crippen LogP contribution in [0.1, 0.15) is 38.5 Å². The minimum absolute atomic E-state index is 0.0981. The smallest absolute Gasteiger partial charge is 0.326 e. The number of hydrogen-bond donors (Lipinski definition) is 0. The number of morpholine rings is 1. The van der Waals surface area contributed by atoms with Crippen LogP contribution < -0.4 is 0 Å². The van der Waals surface area contributed by atoms with Crippen molar-refractivity contribution < 1.29 is 14.3 Å². The number of ether oxygens (including phenoxy) is 2. The largest absolute Gasteiger partial charge is 0.461 e. The van der Waals surface area contributed by atoms with E-state index in [1.54, 1.807) is 0 Å². The van der Waals surface area contributed by atoms with E-state index in [0.29, 0.717) is 13.2 Å². The Hall–Kier alpha value is -0.610. The van der Waals surface area contributed by atoms with Crippen LogP contribution in [0.25, 0.3) is 0 Å². The predicted molar refractivity (Wildman–Crippen MR) is 64.8 cm³/mol. The van der Waals surface area contributed by atoms with Gasteiger partial charge in [-0.2, -0.15) is 0 Å². The highest BCUT2D eigenvalue weighted by atomic mass is 16.5. The van der Waals surface area contributed by atoms with E-state index in [0.717, 1.165) is 19.4 Å². The van der Waals surface area contributed by atoms with Crippen molar-refractivity contribution in [3.05, 3.63) is 0 Å². The second-order valence-electron chi connectivity index (χ2n) is 5.12. The van der Waals surface area contributed by atoms with Crippen LogP contribution in [0.2, 0.25) is 0 Å². The second kappa shape index (κ2) is 6.36. The van der Waals surface area contributed by atoms with Gasteiger partial charge in [0, 0.05) is 6.54 Å². The Balaban J connectivity index is 1.82. The molecule has 1 heterocycles. The second-order valence-corrected chi connectivity index (χ2v) is 5.12. The van der Waals surface area contributed by atoms with E-state index in [1.807, 2.05) is 11.9 Å². The van der Waals surface area contributed by atoms with Crippen LogP contribution in [-0.4, -0.2) is 49.8 Å². The summed E-state index contributed by atoms with van der Waals surface area (Å²) >= 11 is 0. The van der Waals surface area contributed by atoms with E-state index in [1.165, 1.54) is 25.7 Å². The summed E-state index contributed by atoms with van der Waals surface area (Å²) in [5, 5.41) is 0. The van der Waals surface area contributed by atoms with Gasteiger partial charge < -0.3 is 9.47 Å². The number of carbonyl (C=O) groups is 1. The SMILES string of the molecule is CN1CCOCC1C(=O)OC1CCCCCC1. The van der Waals surface area contributed by atoms with Crippen molar-refractivity contribution >= 4 is 5.97 Å². The van der Waals surface area contributed by atoms with Crippen molar-refractivity contribution in [1.29, 1.82) is 0 Å². The Morgan fingerprint density at radius 3 is 2.59 bits per heavy atom. The molecule has 0 amide bonds. The molecule has 0 aromatic carbocycles. The Kier molecular flexibility index (Phi) is 4.80. The van der Waals surface area contributed by atoms with Crippen LogP contribution >= 0.6 is 0 Å².